The van der Waals surface area contributed by atoms with Gasteiger partial charge in [0.25, 0.3) is 0 Å². The second kappa shape index (κ2) is 4.55. The molecule has 1 amide bonds. The van der Waals surface area contributed by atoms with Crippen LogP contribution in [0.5, 0.6) is 0 Å². The van der Waals surface area contributed by atoms with Crippen molar-refractivity contribution >= 4 is 5.91 Å². The monoisotopic (exact) mass is 232 g/mol. The van der Waals surface area contributed by atoms with Crippen molar-refractivity contribution in [2.24, 2.45) is 5.92 Å². The summed E-state index contributed by atoms with van der Waals surface area (Å²) in [5.41, 5.74) is 1.20. The van der Waals surface area contributed by atoms with E-state index in [1.807, 2.05) is 12.3 Å². The first kappa shape index (κ1) is 10.9. The number of amides is 1. The highest BCUT2D eigenvalue weighted by atomic mass is 16.2. The van der Waals surface area contributed by atoms with Gasteiger partial charge in [-0.3, -0.25) is 4.79 Å². The number of carbonyl (C=O) groups is 1. The van der Waals surface area contributed by atoms with Gasteiger partial charge in [-0.1, -0.05) is 12.8 Å². The van der Waals surface area contributed by atoms with E-state index in [-0.39, 0.29) is 0 Å². The average Bonchev–Trinajstić information content (AvgIpc) is 3.09. The predicted molar refractivity (Wildman–Crippen MR) is 66.4 cm³/mol. The lowest BCUT2D eigenvalue weighted by atomic mass is 10.1. The highest BCUT2D eigenvalue weighted by Crippen LogP contribution is 2.35. The van der Waals surface area contributed by atoms with Gasteiger partial charge in [0.15, 0.2) is 0 Å². The number of aromatic amines is 1. The van der Waals surface area contributed by atoms with Crippen LogP contribution in [0, 0.1) is 5.92 Å². The highest BCUT2D eigenvalue weighted by molar-refractivity contribution is 5.79. The maximum atomic E-state index is 12.5. The molecule has 3 heteroatoms. The van der Waals surface area contributed by atoms with Crippen molar-refractivity contribution < 1.29 is 4.79 Å². The summed E-state index contributed by atoms with van der Waals surface area (Å²) in [6.45, 7) is 0.943. The van der Waals surface area contributed by atoms with Crippen LogP contribution in [-0.2, 0) is 4.79 Å². The smallest absolute Gasteiger partial charge is 0.226 e. The van der Waals surface area contributed by atoms with Crippen LogP contribution in [0.2, 0.25) is 0 Å². The van der Waals surface area contributed by atoms with Gasteiger partial charge in [-0.15, -0.1) is 0 Å². The molecule has 17 heavy (non-hydrogen) atoms. The minimum Gasteiger partial charge on any atom is -0.363 e. The first-order chi connectivity index (χ1) is 8.36. The summed E-state index contributed by atoms with van der Waals surface area (Å²) >= 11 is 0. The topological polar surface area (TPSA) is 36.1 Å². The van der Waals surface area contributed by atoms with Gasteiger partial charge >= 0.3 is 0 Å². The number of hydrogen-bond acceptors (Lipinski definition) is 1. The number of carbonyl (C=O) groups excluding carboxylic acids is 1. The summed E-state index contributed by atoms with van der Waals surface area (Å²) < 4.78 is 0. The zero-order chi connectivity index (χ0) is 11.7. The highest BCUT2D eigenvalue weighted by Gasteiger charge is 2.35. The molecular weight excluding hydrogens is 212 g/mol. The fraction of sp³-hybridized carbons (Fsp3) is 0.643. The molecule has 0 spiro atoms. The maximum absolute atomic E-state index is 12.5. The number of aromatic nitrogens is 1. The van der Waals surface area contributed by atoms with E-state index in [2.05, 4.69) is 16.0 Å². The van der Waals surface area contributed by atoms with Crippen molar-refractivity contribution in [2.75, 3.05) is 6.54 Å². The second-order valence-corrected chi connectivity index (χ2v) is 5.30. The van der Waals surface area contributed by atoms with Crippen molar-refractivity contribution in [1.82, 2.24) is 9.88 Å². The first-order valence-corrected chi connectivity index (χ1v) is 6.80. The fourth-order valence-corrected chi connectivity index (χ4v) is 3.31. The fourth-order valence-electron chi connectivity index (χ4n) is 3.31. The van der Waals surface area contributed by atoms with Crippen LogP contribution in [-0.4, -0.2) is 22.3 Å². The third kappa shape index (κ3) is 1.99. The van der Waals surface area contributed by atoms with Crippen LogP contribution in [0.15, 0.2) is 18.3 Å². The van der Waals surface area contributed by atoms with E-state index in [9.17, 15) is 4.79 Å². The molecule has 2 aliphatic rings. The Labute approximate surface area is 102 Å². The Balaban J connectivity index is 1.75. The molecule has 0 radical (unpaired) electrons. The zero-order valence-corrected chi connectivity index (χ0v) is 10.2. The van der Waals surface area contributed by atoms with Crippen LogP contribution in [0.25, 0.3) is 0 Å². The van der Waals surface area contributed by atoms with Gasteiger partial charge in [-0.05, 0) is 37.8 Å². The molecule has 1 aliphatic carbocycles. The molecule has 1 aliphatic heterocycles. The van der Waals surface area contributed by atoms with Crippen LogP contribution >= 0.6 is 0 Å². The summed E-state index contributed by atoms with van der Waals surface area (Å²) in [6.07, 6.45) is 8.88. The zero-order valence-electron chi connectivity index (χ0n) is 10.2. The number of nitrogens with one attached hydrogen (secondary N) is 1. The Morgan fingerprint density at radius 3 is 2.76 bits per heavy atom. The molecular formula is C14H20N2O. The van der Waals surface area contributed by atoms with Gasteiger partial charge < -0.3 is 9.88 Å². The van der Waals surface area contributed by atoms with Gasteiger partial charge in [0.2, 0.25) is 5.91 Å². The van der Waals surface area contributed by atoms with Crippen molar-refractivity contribution in [3.8, 4) is 0 Å². The van der Waals surface area contributed by atoms with E-state index < -0.39 is 0 Å². The van der Waals surface area contributed by atoms with E-state index in [4.69, 9.17) is 0 Å². The second-order valence-electron chi connectivity index (χ2n) is 5.30. The molecule has 1 saturated carbocycles. The van der Waals surface area contributed by atoms with Crippen LogP contribution < -0.4 is 0 Å². The summed E-state index contributed by atoms with van der Waals surface area (Å²) in [6, 6.07) is 4.43. The van der Waals surface area contributed by atoms with Gasteiger partial charge in [0.1, 0.15) is 0 Å². The minimum absolute atomic E-state index is 0.304. The minimum atomic E-state index is 0.304. The quantitative estimate of drug-likeness (QED) is 0.836. The largest absolute Gasteiger partial charge is 0.363 e. The van der Waals surface area contributed by atoms with E-state index in [0.29, 0.717) is 17.9 Å². The summed E-state index contributed by atoms with van der Waals surface area (Å²) in [4.78, 5) is 17.8. The van der Waals surface area contributed by atoms with Crippen molar-refractivity contribution in [1.29, 1.82) is 0 Å². The Morgan fingerprint density at radius 2 is 2.06 bits per heavy atom. The molecule has 2 fully saturated rings. The number of H-pyrrole nitrogens is 1. The number of likely N-dealkylation sites (tertiary alicyclic amines) is 1. The Kier molecular flexibility index (Phi) is 2.91. The molecule has 0 aromatic carbocycles. The normalized spacial score (nSPS) is 25.6. The van der Waals surface area contributed by atoms with E-state index >= 15 is 0 Å². The standard InChI is InChI=1S/C14H20N2O/c17-14(11-5-1-2-6-11)16-10-4-8-13(16)12-7-3-9-15-12/h3,7,9,11,13,15H,1-2,4-6,8,10H2. The molecule has 92 valence electrons. The molecule has 0 bridgehead atoms. The van der Waals surface area contributed by atoms with Gasteiger partial charge in [0.05, 0.1) is 6.04 Å². The van der Waals surface area contributed by atoms with Crippen molar-refractivity contribution in [3.05, 3.63) is 24.0 Å². The Hall–Kier alpha value is -1.25. The number of nitrogens with zero attached hydrogens (tertiary/aromatic N) is 1. The van der Waals surface area contributed by atoms with Crippen molar-refractivity contribution in [3.63, 3.8) is 0 Å². The van der Waals surface area contributed by atoms with E-state index in [1.165, 1.54) is 18.5 Å². The number of rotatable bonds is 2. The Morgan fingerprint density at radius 1 is 1.24 bits per heavy atom. The lowest BCUT2D eigenvalue weighted by Gasteiger charge is -2.26. The van der Waals surface area contributed by atoms with Gasteiger partial charge in [-0.25, -0.2) is 0 Å². The summed E-state index contributed by atoms with van der Waals surface area (Å²) in [5.74, 6) is 0.713. The molecule has 1 unspecified atom stereocenters. The van der Waals surface area contributed by atoms with E-state index in [1.54, 1.807) is 0 Å². The first-order valence-electron chi connectivity index (χ1n) is 6.80. The van der Waals surface area contributed by atoms with Crippen LogP contribution in [0.1, 0.15) is 50.3 Å². The molecule has 1 aromatic heterocycles. The lowest BCUT2D eigenvalue weighted by Crippen LogP contribution is -2.34. The molecule has 1 saturated heterocycles. The van der Waals surface area contributed by atoms with Crippen molar-refractivity contribution in [2.45, 2.75) is 44.6 Å². The predicted octanol–water partition coefficient (Wildman–Crippen LogP) is 2.87. The summed E-state index contributed by atoms with van der Waals surface area (Å²) in [5, 5.41) is 0. The molecule has 2 heterocycles. The third-order valence-corrected chi connectivity index (χ3v) is 4.22. The third-order valence-electron chi connectivity index (χ3n) is 4.22. The molecule has 3 rings (SSSR count). The summed E-state index contributed by atoms with van der Waals surface area (Å²) in [7, 11) is 0. The van der Waals surface area contributed by atoms with Crippen LogP contribution in [0.4, 0.5) is 0 Å². The molecule has 1 N–H and O–H groups in total. The van der Waals surface area contributed by atoms with Crippen LogP contribution in [0.3, 0.4) is 0 Å². The van der Waals surface area contributed by atoms with Gasteiger partial charge in [0, 0.05) is 24.4 Å². The van der Waals surface area contributed by atoms with E-state index in [0.717, 1.165) is 32.2 Å². The Bertz CT molecular complexity index is 379. The average molecular weight is 232 g/mol. The SMILES string of the molecule is O=C(C1CCCC1)N1CCCC1c1ccc[nH]1. The number of hydrogen-bond donors (Lipinski definition) is 1. The maximum Gasteiger partial charge on any atom is 0.226 e. The van der Waals surface area contributed by atoms with Gasteiger partial charge in [-0.2, -0.15) is 0 Å². The molecule has 3 nitrogen and oxygen atoms in total. The molecule has 1 aromatic rings. The molecule has 1 atom stereocenters. The lowest BCUT2D eigenvalue weighted by molar-refractivity contribution is -0.136.